The van der Waals surface area contributed by atoms with Crippen molar-refractivity contribution in [3.05, 3.63) is 35.1 Å². The van der Waals surface area contributed by atoms with Crippen LogP contribution in [-0.2, 0) is 6.42 Å². The highest BCUT2D eigenvalue weighted by atomic mass is 19.1. The van der Waals surface area contributed by atoms with E-state index in [1.54, 1.807) is 12.1 Å². The topological polar surface area (TPSA) is 15.3 Å². The van der Waals surface area contributed by atoms with Gasteiger partial charge in [-0.15, -0.1) is 0 Å². The first-order chi connectivity index (χ1) is 9.47. The largest absolute Gasteiger partial charge is 0.313 e. The monoisotopic (exact) mass is 278 g/mol. The van der Waals surface area contributed by atoms with Crippen molar-refractivity contribution in [2.75, 3.05) is 20.1 Å². The van der Waals surface area contributed by atoms with E-state index < -0.39 is 0 Å². The van der Waals surface area contributed by atoms with Crippen molar-refractivity contribution in [1.82, 2.24) is 10.2 Å². The predicted molar refractivity (Wildman–Crippen MR) is 82.5 cm³/mol. The van der Waals surface area contributed by atoms with Crippen molar-refractivity contribution in [2.24, 2.45) is 5.92 Å². The molecule has 3 heteroatoms. The lowest BCUT2D eigenvalue weighted by molar-refractivity contribution is 0.122. The molecule has 3 atom stereocenters. The molecule has 0 radical (unpaired) electrons. The molecule has 0 aromatic heterocycles. The maximum Gasteiger partial charge on any atom is 0.123 e. The highest BCUT2D eigenvalue weighted by Gasteiger charge is 2.28. The summed E-state index contributed by atoms with van der Waals surface area (Å²) < 4.78 is 13.1. The van der Waals surface area contributed by atoms with Crippen molar-refractivity contribution < 1.29 is 4.39 Å². The zero-order valence-electron chi connectivity index (χ0n) is 13.1. The van der Waals surface area contributed by atoms with Crippen LogP contribution in [0.25, 0.3) is 0 Å². The molecule has 3 unspecified atom stereocenters. The Kier molecular flexibility index (Phi) is 5.17. The Bertz CT molecular complexity index is 447. The lowest BCUT2D eigenvalue weighted by Crippen LogP contribution is -2.51. The van der Waals surface area contributed by atoms with Crippen molar-refractivity contribution in [3.8, 4) is 0 Å². The maximum absolute atomic E-state index is 13.1. The van der Waals surface area contributed by atoms with Gasteiger partial charge < -0.3 is 10.2 Å². The van der Waals surface area contributed by atoms with E-state index in [-0.39, 0.29) is 5.82 Å². The van der Waals surface area contributed by atoms with E-state index in [0.29, 0.717) is 18.0 Å². The smallest absolute Gasteiger partial charge is 0.123 e. The SMILES string of the molecule is Cc1cc(F)ccc1CCNC1CC(C)N(C)CC1C. The number of piperidine rings is 1. The number of benzene rings is 1. The third kappa shape index (κ3) is 3.80. The molecule has 1 aromatic carbocycles. The minimum Gasteiger partial charge on any atom is -0.313 e. The van der Waals surface area contributed by atoms with Crippen LogP contribution in [0, 0.1) is 18.7 Å². The van der Waals surface area contributed by atoms with E-state index in [0.717, 1.165) is 25.1 Å². The van der Waals surface area contributed by atoms with Crippen LogP contribution in [-0.4, -0.2) is 37.1 Å². The zero-order valence-corrected chi connectivity index (χ0v) is 13.1. The number of nitrogens with one attached hydrogen (secondary N) is 1. The fraction of sp³-hybridized carbons (Fsp3) is 0.647. The van der Waals surface area contributed by atoms with Crippen LogP contribution in [0.5, 0.6) is 0 Å². The fourth-order valence-corrected chi connectivity index (χ4v) is 3.16. The van der Waals surface area contributed by atoms with Crippen molar-refractivity contribution in [2.45, 2.75) is 45.7 Å². The lowest BCUT2D eigenvalue weighted by Gasteiger charge is -2.40. The summed E-state index contributed by atoms with van der Waals surface area (Å²) >= 11 is 0. The standard InChI is InChI=1S/C17H27FN2/c1-12-9-16(18)6-5-15(12)7-8-19-17-10-14(3)20(4)11-13(17)2/h5-6,9,13-14,17,19H,7-8,10-11H2,1-4H3. The summed E-state index contributed by atoms with van der Waals surface area (Å²) in [6.45, 7) is 8.73. The van der Waals surface area contributed by atoms with E-state index in [9.17, 15) is 4.39 Å². The number of hydrogen-bond acceptors (Lipinski definition) is 2. The van der Waals surface area contributed by atoms with E-state index in [4.69, 9.17) is 0 Å². The molecule has 0 aliphatic carbocycles. The maximum atomic E-state index is 13.1. The molecule has 0 amide bonds. The first-order valence-corrected chi connectivity index (χ1v) is 7.66. The molecule has 1 aliphatic heterocycles. The molecular formula is C17H27FN2. The molecule has 112 valence electrons. The summed E-state index contributed by atoms with van der Waals surface area (Å²) in [4.78, 5) is 2.44. The zero-order chi connectivity index (χ0) is 14.7. The number of halogens is 1. The summed E-state index contributed by atoms with van der Waals surface area (Å²) in [5, 5.41) is 3.69. The van der Waals surface area contributed by atoms with Gasteiger partial charge in [-0.3, -0.25) is 0 Å². The van der Waals surface area contributed by atoms with Crippen LogP contribution in [0.15, 0.2) is 18.2 Å². The highest BCUT2D eigenvalue weighted by Crippen LogP contribution is 2.20. The molecule has 0 spiro atoms. The third-order valence-corrected chi connectivity index (χ3v) is 4.72. The van der Waals surface area contributed by atoms with Gasteiger partial charge in [0.15, 0.2) is 0 Å². The van der Waals surface area contributed by atoms with Gasteiger partial charge in [0.2, 0.25) is 0 Å². The number of hydrogen-bond donors (Lipinski definition) is 1. The minimum absolute atomic E-state index is 0.142. The number of aryl methyl sites for hydroxylation is 1. The fourth-order valence-electron chi connectivity index (χ4n) is 3.16. The van der Waals surface area contributed by atoms with Crippen LogP contribution in [0.1, 0.15) is 31.4 Å². The first kappa shape index (κ1) is 15.5. The van der Waals surface area contributed by atoms with Crippen LogP contribution in [0.4, 0.5) is 4.39 Å². The summed E-state index contributed by atoms with van der Waals surface area (Å²) in [5.41, 5.74) is 2.30. The molecule has 0 bridgehead atoms. The van der Waals surface area contributed by atoms with Gasteiger partial charge in [0.1, 0.15) is 5.82 Å². The Labute approximate surface area is 122 Å². The van der Waals surface area contributed by atoms with E-state index in [2.05, 4.69) is 31.1 Å². The molecule has 1 fully saturated rings. The van der Waals surface area contributed by atoms with E-state index >= 15 is 0 Å². The molecule has 2 rings (SSSR count). The molecule has 20 heavy (non-hydrogen) atoms. The normalized spacial score (nSPS) is 27.8. The first-order valence-electron chi connectivity index (χ1n) is 7.66. The van der Waals surface area contributed by atoms with Gasteiger partial charge in [-0.25, -0.2) is 4.39 Å². The predicted octanol–water partition coefficient (Wildman–Crippen LogP) is 2.99. The Morgan fingerprint density at radius 1 is 1.35 bits per heavy atom. The quantitative estimate of drug-likeness (QED) is 0.911. The second kappa shape index (κ2) is 6.68. The average molecular weight is 278 g/mol. The minimum atomic E-state index is -0.142. The summed E-state index contributed by atoms with van der Waals surface area (Å²) in [7, 11) is 2.21. The second-order valence-electron chi connectivity index (χ2n) is 6.38. The lowest BCUT2D eigenvalue weighted by atomic mass is 9.89. The molecule has 1 aromatic rings. The highest BCUT2D eigenvalue weighted by molar-refractivity contribution is 5.26. The molecule has 1 saturated heterocycles. The van der Waals surface area contributed by atoms with Gasteiger partial charge in [-0.05, 0) is 69.5 Å². The van der Waals surface area contributed by atoms with Gasteiger partial charge in [0.25, 0.3) is 0 Å². The van der Waals surface area contributed by atoms with Gasteiger partial charge in [-0.1, -0.05) is 13.0 Å². The Morgan fingerprint density at radius 3 is 2.80 bits per heavy atom. The molecule has 2 nitrogen and oxygen atoms in total. The van der Waals surface area contributed by atoms with Crippen molar-refractivity contribution in [3.63, 3.8) is 0 Å². The molecule has 0 saturated carbocycles. The summed E-state index contributed by atoms with van der Waals surface area (Å²) in [6, 6.07) is 6.34. The Morgan fingerprint density at radius 2 is 2.10 bits per heavy atom. The van der Waals surface area contributed by atoms with E-state index in [1.807, 2.05) is 13.0 Å². The van der Waals surface area contributed by atoms with Gasteiger partial charge in [0.05, 0.1) is 0 Å². The second-order valence-corrected chi connectivity index (χ2v) is 6.38. The van der Waals surface area contributed by atoms with Gasteiger partial charge in [0, 0.05) is 18.6 Å². The van der Waals surface area contributed by atoms with Crippen molar-refractivity contribution in [1.29, 1.82) is 0 Å². The Balaban J connectivity index is 1.83. The molecule has 1 aliphatic rings. The molecular weight excluding hydrogens is 251 g/mol. The van der Waals surface area contributed by atoms with Crippen LogP contribution in [0.2, 0.25) is 0 Å². The molecule has 1 heterocycles. The van der Waals surface area contributed by atoms with Gasteiger partial charge >= 0.3 is 0 Å². The molecule has 1 N–H and O–H groups in total. The van der Waals surface area contributed by atoms with Crippen LogP contribution >= 0.6 is 0 Å². The third-order valence-electron chi connectivity index (χ3n) is 4.72. The number of rotatable bonds is 4. The van der Waals surface area contributed by atoms with E-state index in [1.165, 1.54) is 12.0 Å². The van der Waals surface area contributed by atoms with Gasteiger partial charge in [-0.2, -0.15) is 0 Å². The summed E-state index contributed by atoms with van der Waals surface area (Å²) in [5.74, 6) is 0.544. The van der Waals surface area contributed by atoms with Crippen LogP contribution < -0.4 is 5.32 Å². The summed E-state index contributed by atoms with van der Waals surface area (Å²) in [6.07, 6.45) is 2.18. The Hall–Kier alpha value is -0.930. The van der Waals surface area contributed by atoms with Crippen LogP contribution in [0.3, 0.4) is 0 Å². The van der Waals surface area contributed by atoms with Crippen molar-refractivity contribution >= 4 is 0 Å². The number of likely N-dealkylation sites (tertiary alicyclic amines) is 1. The average Bonchev–Trinajstić information content (AvgIpc) is 2.38. The number of nitrogens with zero attached hydrogens (tertiary/aromatic N) is 1.